The molecular weight excluding hydrogens is 376 g/mol. The highest BCUT2D eigenvalue weighted by Crippen LogP contribution is 2.26. The average molecular weight is 397 g/mol. The molecule has 3 rings (SSSR count). The van der Waals surface area contributed by atoms with E-state index >= 15 is 0 Å². The van der Waals surface area contributed by atoms with Gasteiger partial charge >= 0.3 is 0 Å². The fourth-order valence-electron chi connectivity index (χ4n) is 2.85. The van der Waals surface area contributed by atoms with Crippen molar-refractivity contribution in [3.63, 3.8) is 0 Å². The number of H-pyrrole nitrogens is 1. The minimum atomic E-state index is -0.371. The summed E-state index contributed by atoms with van der Waals surface area (Å²) in [5.74, 6) is 0.333. The molecule has 3 aromatic rings. The van der Waals surface area contributed by atoms with Crippen molar-refractivity contribution in [2.75, 3.05) is 26.5 Å². The fourth-order valence-corrected chi connectivity index (χ4v) is 3.02. The van der Waals surface area contributed by atoms with E-state index in [2.05, 4.69) is 21.9 Å². The number of allylic oxidation sites excluding steroid dienone is 1. The zero-order valence-corrected chi connectivity index (χ0v) is 16.7. The summed E-state index contributed by atoms with van der Waals surface area (Å²) in [6.45, 7) is 4.11. The van der Waals surface area contributed by atoms with Crippen molar-refractivity contribution in [3.05, 3.63) is 77.2 Å². The molecule has 0 saturated carbocycles. The predicted octanol–water partition coefficient (Wildman–Crippen LogP) is 4.29. The molecule has 0 bridgehead atoms. The minimum absolute atomic E-state index is 0.322. The minimum Gasteiger partial charge on any atom is -0.494 e. The van der Waals surface area contributed by atoms with Crippen molar-refractivity contribution in [3.8, 4) is 0 Å². The Bertz CT molecular complexity index is 1050. The molecule has 0 aliphatic rings. The first-order chi connectivity index (χ1) is 13.4. The number of imidazole rings is 1. The fraction of sp³-hybridized carbons (Fsp3) is 0.143. The quantitative estimate of drug-likeness (QED) is 0.370. The van der Waals surface area contributed by atoms with Gasteiger partial charge in [-0.2, -0.15) is 0 Å². The van der Waals surface area contributed by atoms with Crippen LogP contribution in [0, 0.1) is 0 Å². The molecule has 6 nitrogen and oxygen atoms in total. The number of likely N-dealkylation sites (N-methyl/N-ethyl adjacent to an activating group) is 1. The lowest BCUT2D eigenvalue weighted by molar-refractivity contribution is -0.114. The number of hydrogen-bond acceptors (Lipinski definition) is 4. The molecule has 28 heavy (non-hydrogen) atoms. The Hall–Kier alpha value is -3.25. The van der Waals surface area contributed by atoms with Crippen LogP contribution in [0.2, 0.25) is 5.02 Å². The smallest absolute Gasteiger partial charge is 0.278 e. The van der Waals surface area contributed by atoms with Crippen molar-refractivity contribution >= 4 is 40.1 Å². The van der Waals surface area contributed by atoms with E-state index in [1.165, 1.54) is 7.11 Å². The van der Waals surface area contributed by atoms with Gasteiger partial charge in [0.05, 0.1) is 18.1 Å². The molecule has 1 amide bonds. The van der Waals surface area contributed by atoms with Gasteiger partial charge in [0.2, 0.25) is 5.95 Å². The largest absolute Gasteiger partial charge is 0.494 e. The lowest BCUT2D eigenvalue weighted by Gasteiger charge is -2.21. The van der Waals surface area contributed by atoms with E-state index in [-0.39, 0.29) is 5.91 Å². The molecule has 7 heteroatoms. The van der Waals surface area contributed by atoms with Crippen LogP contribution in [-0.4, -0.2) is 42.0 Å². The van der Waals surface area contributed by atoms with Crippen molar-refractivity contribution in [1.82, 2.24) is 14.9 Å². The van der Waals surface area contributed by atoms with Crippen molar-refractivity contribution in [1.29, 1.82) is 0 Å². The number of halogens is 1. The number of rotatable bonds is 6. The third kappa shape index (κ3) is 4.02. The Labute approximate surface area is 168 Å². The molecule has 0 saturated heterocycles. The predicted molar refractivity (Wildman–Crippen MR) is 113 cm³/mol. The Morgan fingerprint density at radius 2 is 1.93 bits per heavy atom. The SMILES string of the molecule is C=C(/C(OC)=C(/C(=O)Nc1nc2ccc(Cl)cc2[nH]1)N(C)C)c1ccccc1. The van der Waals surface area contributed by atoms with E-state index in [1.807, 2.05) is 30.3 Å². The molecule has 0 radical (unpaired) electrons. The molecule has 1 heterocycles. The highest BCUT2D eigenvalue weighted by molar-refractivity contribution is 6.31. The second-order valence-corrected chi connectivity index (χ2v) is 6.76. The molecule has 0 fully saturated rings. The molecule has 2 aromatic carbocycles. The second-order valence-electron chi connectivity index (χ2n) is 6.32. The third-order valence-corrected chi connectivity index (χ3v) is 4.39. The van der Waals surface area contributed by atoms with Crippen molar-refractivity contribution in [2.24, 2.45) is 0 Å². The number of fused-ring (bicyclic) bond motifs is 1. The summed E-state index contributed by atoms with van der Waals surface area (Å²) >= 11 is 6.00. The number of nitrogens with zero attached hydrogens (tertiary/aromatic N) is 2. The Kier molecular flexibility index (Phi) is 5.70. The van der Waals surface area contributed by atoms with Crippen LogP contribution in [0.5, 0.6) is 0 Å². The zero-order valence-electron chi connectivity index (χ0n) is 15.9. The average Bonchev–Trinajstić information content (AvgIpc) is 3.06. The topological polar surface area (TPSA) is 70.2 Å². The number of aromatic amines is 1. The highest BCUT2D eigenvalue weighted by atomic mass is 35.5. The Balaban J connectivity index is 1.95. The molecule has 2 N–H and O–H groups in total. The number of carbonyl (C=O) groups is 1. The van der Waals surface area contributed by atoms with Crippen LogP contribution in [0.4, 0.5) is 5.95 Å². The van der Waals surface area contributed by atoms with E-state index in [4.69, 9.17) is 16.3 Å². The molecular formula is C21H21ClN4O2. The zero-order chi connectivity index (χ0) is 20.3. The van der Waals surface area contributed by atoms with Crippen LogP contribution in [0.15, 0.2) is 66.6 Å². The van der Waals surface area contributed by atoms with Gasteiger partial charge in [0, 0.05) is 24.7 Å². The van der Waals surface area contributed by atoms with Gasteiger partial charge in [-0.3, -0.25) is 10.1 Å². The van der Waals surface area contributed by atoms with Crippen LogP contribution >= 0.6 is 11.6 Å². The first kappa shape index (κ1) is 19.5. The number of anilines is 1. The summed E-state index contributed by atoms with van der Waals surface area (Å²) in [6.07, 6.45) is 0. The van der Waals surface area contributed by atoms with Crippen molar-refractivity contribution in [2.45, 2.75) is 0 Å². The van der Waals surface area contributed by atoms with Crippen LogP contribution in [0.1, 0.15) is 5.56 Å². The number of methoxy groups -OCH3 is 1. The first-order valence-corrected chi connectivity index (χ1v) is 8.95. The number of hydrogen-bond donors (Lipinski definition) is 2. The third-order valence-electron chi connectivity index (χ3n) is 4.15. The standard InChI is InChI=1S/C21H21ClN4O2/c1-13(14-8-6-5-7-9-14)19(28-4)18(26(2)3)20(27)25-21-23-16-11-10-15(22)12-17(16)24-21/h5-12H,1H2,2-4H3,(H2,23,24,25,27)/b19-18+. The van der Waals surface area contributed by atoms with E-state index in [0.717, 1.165) is 11.1 Å². The summed E-state index contributed by atoms with van der Waals surface area (Å²) in [6, 6.07) is 14.8. The van der Waals surface area contributed by atoms with E-state index in [9.17, 15) is 4.79 Å². The molecule has 0 unspecified atom stereocenters. The molecule has 0 aliphatic carbocycles. The number of aromatic nitrogens is 2. The molecule has 0 atom stereocenters. The number of amides is 1. The van der Waals surface area contributed by atoms with E-state index < -0.39 is 0 Å². The monoisotopic (exact) mass is 396 g/mol. The molecule has 144 valence electrons. The highest BCUT2D eigenvalue weighted by Gasteiger charge is 2.22. The number of carbonyl (C=O) groups excluding carboxylic acids is 1. The van der Waals surface area contributed by atoms with Gasteiger partial charge in [0.15, 0.2) is 5.76 Å². The van der Waals surface area contributed by atoms with E-state index in [0.29, 0.717) is 33.5 Å². The summed E-state index contributed by atoms with van der Waals surface area (Å²) < 4.78 is 5.55. The van der Waals surface area contributed by atoms with Crippen LogP contribution in [0.3, 0.4) is 0 Å². The van der Waals surface area contributed by atoms with Gasteiger partial charge in [-0.1, -0.05) is 48.5 Å². The lowest BCUT2D eigenvalue weighted by Crippen LogP contribution is -2.28. The molecule has 0 spiro atoms. The maximum Gasteiger partial charge on any atom is 0.278 e. The van der Waals surface area contributed by atoms with Gasteiger partial charge in [0.25, 0.3) is 5.91 Å². The van der Waals surface area contributed by atoms with Crippen LogP contribution < -0.4 is 5.32 Å². The molecule has 1 aromatic heterocycles. The first-order valence-electron chi connectivity index (χ1n) is 8.57. The number of nitrogens with one attached hydrogen (secondary N) is 2. The lowest BCUT2D eigenvalue weighted by atomic mass is 10.0. The maximum absolute atomic E-state index is 13.0. The number of ether oxygens (including phenoxy) is 1. The normalized spacial score (nSPS) is 11.7. The molecule has 0 aliphatic heterocycles. The summed E-state index contributed by atoms with van der Waals surface area (Å²) in [4.78, 5) is 22.1. The summed E-state index contributed by atoms with van der Waals surface area (Å²) in [7, 11) is 5.05. The Morgan fingerprint density at radius 1 is 1.21 bits per heavy atom. The maximum atomic E-state index is 13.0. The van der Waals surface area contributed by atoms with Gasteiger partial charge in [-0.05, 0) is 23.8 Å². The van der Waals surface area contributed by atoms with Gasteiger partial charge in [-0.25, -0.2) is 4.98 Å². The van der Waals surface area contributed by atoms with E-state index in [1.54, 1.807) is 37.2 Å². The van der Waals surface area contributed by atoms with Crippen molar-refractivity contribution < 1.29 is 9.53 Å². The number of benzene rings is 2. The Morgan fingerprint density at radius 3 is 2.57 bits per heavy atom. The van der Waals surface area contributed by atoms with Gasteiger partial charge in [-0.15, -0.1) is 0 Å². The second kappa shape index (κ2) is 8.19. The van der Waals surface area contributed by atoms with Gasteiger partial charge in [0.1, 0.15) is 5.70 Å². The van der Waals surface area contributed by atoms with Crippen LogP contribution in [-0.2, 0) is 9.53 Å². The van der Waals surface area contributed by atoms with Crippen LogP contribution in [0.25, 0.3) is 16.6 Å². The summed E-state index contributed by atoms with van der Waals surface area (Å²) in [5, 5.41) is 3.37. The van der Waals surface area contributed by atoms with Gasteiger partial charge < -0.3 is 14.6 Å². The summed E-state index contributed by atoms with van der Waals surface area (Å²) in [5.41, 5.74) is 3.24.